The van der Waals surface area contributed by atoms with Crippen LogP contribution in [-0.4, -0.2) is 52.4 Å². The molecular formula is C12H18N6O2. The van der Waals surface area contributed by atoms with Crippen molar-refractivity contribution in [3.05, 3.63) is 24.7 Å². The number of fused-ring (bicyclic) bond motifs is 1. The number of nitrogens with two attached hydrogens (primary N) is 1. The van der Waals surface area contributed by atoms with Gasteiger partial charge in [-0.25, -0.2) is 9.50 Å². The first-order chi connectivity index (χ1) is 9.76. The van der Waals surface area contributed by atoms with Crippen molar-refractivity contribution < 1.29 is 9.94 Å². The van der Waals surface area contributed by atoms with Crippen LogP contribution in [-0.2, 0) is 4.74 Å². The van der Waals surface area contributed by atoms with Crippen molar-refractivity contribution in [1.29, 1.82) is 0 Å². The van der Waals surface area contributed by atoms with Crippen molar-refractivity contribution in [2.24, 2.45) is 10.9 Å². The van der Waals surface area contributed by atoms with Crippen LogP contribution in [0.1, 0.15) is 6.42 Å². The number of aromatic nitrogens is 3. The van der Waals surface area contributed by atoms with E-state index in [1.807, 2.05) is 11.0 Å². The minimum Gasteiger partial charge on any atom is -0.409 e. The Balaban J connectivity index is 2.22. The Kier molecular flexibility index (Phi) is 4.72. The number of hydrogen-bond donors (Lipinski definition) is 2. The molecule has 0 unspecified atom stereocenters. The summed E-state index contributed by atoms with van der Waals surface area (Å²) in [6.07, 6.45) is 5.64. The minimum absolute atomic E-state index is 0.188. The summed E-state index contributed by atoms with van der Waals surface area (Å²) < 4.78 is 6.87. The molecule has 8 heteroatoms. The summed E-state index contributed by atoms with van der Waals surface area (Å²) in [4.78, 5) is 6.43. The summed E-state index contributed by atoms with van der Waals surface area (Å²) in [7, 11) is 1.65. The third-order valence-corrected chi connectivity index (χ3v) is 2.94. The van der Waals surface area contributed by atoms with E-state index in [9.17, 15) is 0 Å². The van der Waals surface area contributed by atoms with Gasteiger partial charge >= 0.3 is 0 Å². The van der Waals surface area contributed by atoms with Crippen LogP contribution in [0.25, 0.3) is 5.52 Å². The van der Waals surface area contributed by atoms with Gasteiger partial charge in [-0.05, 0) is 6.07 Å². The highest BCUT2D eigenvalue weighted by molar-refractivity contribution is 5.80. The molecule has 0 aliphatic heterocycles. The largest absolute Gasteiger partial charge is 0.409 e. The first-order valence-corrected chi connectivity index (χ1v) is 6.25. The predicted molar refractivity (Wildman–Crippen MR) is 75.1 cm³/mol. The lowest BCUT2D eigenvalue weighted by atomic mass is 10.3. The highest BCUT2D eigenvalue weighted by Gasteiger charge is 2.13. The summed E-state index contributed by atoms with van der Waals surface area (Å²) in [6.45, 7) is 1.80. The van der Waals surface area contributed by atoms with E-state index in [0.717, 1.165) is 11.3 Å². The van der Waals surface area contributed by atoms with Gasteiger partial charge in [-0.15, -0.1) is 0 Å². The topological polar surface area (TPSA) is 101 Å². The van der Waals surface area contributed by atoms with Crippen LogP contribution in [0.15, 0.2) is 29.8 Å². The number of hydrogen-bond acceptors (Lipinski definition) is 6. The molecule has 2 rings (SSSR count). The molecule has 108 valence electrons. The van der Waals surface area contributed by atoms with E-state index in [1.54, 1.807) is 30.2 Å². The molecule has 0 aliphatic carbocycles. The zero-order chi connectivity index (χ0) is 14.4. The van der Waals surface area contributed by atoms with E-state index in [0.29, 0.717) is 26.1 Å². The zero-order valence-electron chi connectivity index (χ0n) is 11.3. The van der Waals surface area contributed by atoms with Gasteiger partial charge in [0.1, 0.15) is 11.4 Å². The molecule has 2 aromatic heterocycles. The number of ether oxygens (including phenoxy) is 1. The molecule has 2 aromatic rings. The van der Waals surface area contributed by atoms with Gasteiger partial charge in [0, 0.05) is 39.0 Å². The third kappa shape index (κ3) is 3.15. The first kappa shape index (κ1) is 14.1. The van der Waals surface area contributed by atoms with Gasteiger partial charge in [0.05, 0.1) is 12.8 Å². The van der Waals surface area contributed by atoms with E-state index >= 15 is 0 Å². The normalized spacial score (nSPS) is 11.9. The van der Waals surface area contributed by atoms with Crippen LogP contribution in [0.5, 0.6) is 0 Å². The molecular weight excluding hydrogens is 260 g/mol. The van der Waals surface area contributed by atoms with Gasteiger partial charge in [0.25, 0.3) is 0 Å². The van der Waals surface area contributed by atoms with E-state index in [4.69, 9.17) is 15.7 Å². The lowest BCUT2D eigenvalue weighted by Gasteiger charge is -2.23. The molecule has 0 fully saturated rings. The van der Waals surface area contributed by atoms with E-state index in [1.165, 1.54) is 0 Å². The fourth-order valence-corrected chi connectivity index (χ4v) is 1.91. The second-order valence-corrected chi connectivity index (χ2v) is 4.23. The first-order valence-electron chi connectivity index (χ1n) is 6.25. The van der Waals surface area contributed by atoms with Crippen molar-refractivity contribution in [2.75, 3.05) is 31.7 Å². The Morgan fingerprint density at radius 2 is 2.35 bits per heavy atom. The number of oxime groups is 1. The van der Waals surface area contributed by atoms with Crippen LogP contribution < -0.4 is 10.6 Å². The van der Waals surface area contributed by atoms with Gasteiger partial charge in [-0.1, -0.05) is 5.16 Å². The molecule has 3 N–H and O–H groups in total. The van der Waals surface area contributed by atoms with Crippen molar-refractivity contribution in [3.63, 3.8) is 0 Å². The maximum Gasteiger partial charge on any atom is 0.154 e. The molecule has 20 heavy (non-hydrogen) atoms. The summed E-state index contributed by atoms with van der Waals surface area (Å²) in [5.74, 6) is 0.987. The Bertz CT molecular complexity index is 582. The molecule has 0 atom stereocenters. The highest BCUT2D eigenvalue weighted by atomic mass is 16.5. The Labute approximate surface area is 116 Å². The summed E-state index contributed by atoms with van der Waals surface area (Å²) in [5.41, 5.74) is 6.43. The molecule has 0 aromatic carbocycles. The summed E-state index contributed by atoms with van der Waals surface area (Å²) >= 11 is 0. The molecule has 0 aliphatic rings. The quantitative estimate of drug-likeness (QED) is 0.327. The predicted octanol–water partition coefficient (Wildman–Crippen LogP) is 0.319. The molecule has 0 amide bonds. The van der Waals surface area contributed by atoms with Crippen molar-refractivity contribution >= 4 is 17.2 Å². The number of nitrogens with zero attached hydrogens (tertiary/aromatic N) is 5. The number of methoxy groups -OCH3 is 1. The molecule has 0 saturated carbocycles. The van der Waals surface area contributed by atoms with E-state index in [2.05, 4.69) is 15.2 Å². The smallest absolute Gasteiger partial charge is 0.154 e. The van der Waals surface area contributed by atoms with Gasteiger partial charge in [0.2, 0.25) is 0 Å². The zero-order valence-corrected chi connectivity index (χ0v) is 11.3. The van der Waals surface area contributed by atoms with Crippen LogP contribution in [0.3, 0.4) is 0 Å². The van der Waals surface area contributed by atoms with E-state index < -0.39 is 0 Å². The summed E-state index contributed by atoms with van der Waals surface area (Å²) in [6, 6.07) is 1.89. The van der Waals surface area contributed by atoms with Crippen molar-refractivity contribution in [2.45, 2.75) is 6.42 Å². The van der Waals surface area contributed by atoms with E-state index in [-0.39, 0.29) is 5.84 Å². The molecule has 8 nitrogen and oxygen atoms in total. The second-order valence-electron chi connectivity index (χ2n) is 4.23. The van der Waals surface area contributed by atoms with Gasteiger partial charge in [-0.3, -0.25) is 0 Å². The van der Waals surface area contributed by atoms with Gasteiger partial charge in [-0.2, -0.15) is 5.10 Å². The standard InChI is InChI=1S/C12H18N6O2/c1-20-9-8-17(6-3-11(13)16-19)12-10-2-4-15-18(10)7-5-14-12/h2,4-5,7,19H,3,6,8-9H2,1H3,(H2,13,16). The van der Waals surface area contributed by atoms with Gasteiger partial charge in [0.15, 0.2) is 5.82 Å². The van der Waals surface area contributed by atoms with Crippen LogP contribution in [0, 0.1) is 0 Å². The number of anilines is 1. The minimum atomic E-state index is 0.188. The average Bonchev–Trinajstić information content (AvgIpc) is 2.95. The van der Waals surface area contributed by atoms with Crippen LogP contribution in [0.2, 0.25) is 0 Å². The average molecular weight is 278 g/mol. The molecule has 0 spiro atoms. The molecule has 2 heterocycles. The Morgan fingerprint density at radius 1 is 1.50 bits per heavy atom. The van der Waals surface area contributed by atoms with Crippen LogP contribution in [0.4, 0.5) is 5.82 Å². The lowest BCUT2D eigenvalue weighted by Crippen LogP contribution is -2.32. The highest BCUT2D eigenvalue weighted by Crippen LogP contribution is 2.18. The summed E-state index contributed by atoms with van der Waals surface area (Å²) in [5, 5.41) is 15.8. The maximum absolute atomic E-state index is 8.62. The maximum atomic E-state index is 8.62. The fourth-order valence-electron chi connectivity index (χ4n) is 1.91. The van der Waals surface area contributed by atoms with Crippen LogP contribution >= 0.6 is 0 Å². The van der Waals surface area contributed by atoms with Crippen molar-refractivity contribution in [1.82, 2.24) is 14.6 Å². The van der Waals surface area contributed by atoms with Gasteiger partial charge < -0.3 is 20.6 Å². The monoisotopic (exact) mass is 278 g/mol. The Hall–Kier alpha value is -2.35. The molecule has 0 bridgehead atoms. The third-order valence-electron chi connectivity index (χ3n) is 2.94. The Morgan fingerprint density at radius 3 is 3.10 bits per heavy atom. The molecule has 0 radical (unpaired) electrons. The molecule has 0 saturated heterocycles. The number of amidine groups is 1. The second kappa shape index (κ2) is 6.71. The fraction of sp³-hybridized carbons (Fsp3) is 0.417. The lowest BCUT2D eigenvalue weighted by molar-refractivity contribution is 0.205. The van der Waals surface area contributed by atoms with Crippen molar-refractivity contribution in [3.8, 4) is 0 Å². The SMILES string of the molecule is COCCN(CC/C(N)=N/O)c1nccn2nccc12. The number of rotatable bonds is 7.